The van der Waals surface area contributed by atoms with Crippen LogP contribution in [0.5, 0.6) is 0 Å². The summed E-state index contributed by atoms with van der Waals surface area (Å²) in [4.78, 5) is 0. The minimum atomic E-state index is -0.0923. The molecule has 1 aromatic carbocycles. The van der Waals surface area contributed by atoms with Gasteiger partial charge in [-0.1, -0.05) is 17.7 Å². The Hall–Kier alpha value is -0.990. The fraction of sp³-hybridized carbons (Fsp3) is 0.111. The van der Waals surface area contributed by atoms with Crippen LogP contribution >= 0.6 is 11.6 Å². The zero-order valence-corrected chi connectivity index (χ0v) is 7.01. The van der Waals surface area contributed by atoms with Crippen molar-refractivity contribution in [2.75, 3.05) is 0 Å². The van der Waals surface area contributed by atoms with Crippen molar-refractivity contribution in [3.63, 3.8) is 0 Å². The number of benzene rings is 1. The first-order valence-electron chi connectivity index (χ1n) is 3.59. The molecule has 0 unspecified atom stereocenters. The maximum atomic E-state index is 8.79. The maximum absolute atomic E-state index is 8.79. The summed E-state index contributed by atoms with van der Waals surface area (Å²) >= 11 is 5.89. The summed E-state index contributed by atoms with van der Waals surface area (Å²) in [7, 11) is 0. The monoisotopic (exact) mass is 182 g/mol. The molecule has 12 heavy (non-hydrogen) atoms. The molecule has 0 saturated carbocycles. The van der Waals surface area contributed by atoms with E-state index < -0.39 is 0 Å². The molecule has 2 aromatic rings. The van der Waals surface area contributed by atoms with Crippen molar-refractivity contribution in [1.29, 1.82) is 0 Å². The average Bonchev–Trinajstić information content (AvgIpc) is 2.49. The minimum Gasteiger partial charge on any atom is -0.459 e. The molecule has 0 aliphatic heterocycles. The molecule has 0 radical (unpaired) electrons. The molecule has 1 N–H and O–H groups in total. The van der Waals surface area contributed by atoms with Gasteiger partial charge < -0.3 is 9.52 Å². The molecule has 0 amide bonds. The van der Waals surface area contributed by atoms with E-state index in [0.29, 0.717) is 16.4 Å². The highest BCUT2D eigenvalue weighted by Crippen LogP contribution is 2.26. The molecule has 0 spiro atoms. The zero-order valence-electron chi connectivity index (χ0n) is 6.25. The Balaban J connectivity index is 2.74. The second-order valence-electron chi connectivity index (χ2n) is 2.52. The highest BCUT2D eigenvalue weighted by molar-refractivity contribution is 6.35. The smallest absolute Gasteiger partial charge is 0.135 e. The van der Waals surface area contributed by atoms with Crippen molar-refractivity contribution < 1.29 is 9.52 Å². The van der Waals surface area contributed by atoms with E-state index in [-0.39, 0.29) is 6.61 Å². The molecular weight excluding hydrogens is 176 g/mol. The third-order valence-electron chi connectivity index (χ3n) is 1.72. The fourth-order valence-electron chi connectivity index (χ4n) is 1.16. The van der Waals surface area contributed by atoms with Crippen LogP contribution < -0.4 is 0 Å². The van der Waals surface area contributed by atoms with E-state index in [1.807, 2.05) is 12.1 Å². The van der Waals surface area contributed by atoms with Crippen molar-refractivity contribution in [2.24, 2.45) is 0 Å². The lowest BCUT2D eigenvalue weighted by Gasteiger charge is -1.88. The van der Waals surface area contributed by atoms with E-state index in [4.69, 9.17) is 21.1 Å². The Morgan fingerprint density at radius 1 is 1.42 bits per heavy atom. The van der Waals surface area contributed by atoms with Gasteiger partial charge in [0.1, 0.15) is 18.0 Å². The first-order valence-corrected chi connectivity index (χ1v) is 3.97. The molecule has 0 aliphatic carbocycles. The molecule has 0 saturated heterocycles. The molecule has 0 bridgehead atoms. The van der Waals surface area contributed by atoms with Gasteiger partial charge in [0.15, 0.2) is 0 Å². The minimum absolute atomic E-state index is 0.0923. The van der Waals surface area contributed by atoms with E-state index >= 15 is 0 Å². The van der Waals surface area contributed by atoms with Crippen molar-refractivity contribution in [3.05, 3.63) is 35.0 Å². The van der Waals surface area contributed by atoms with Crippen molar-refractivity contribution in [3.8, 4) is 0 Å². The Morgan fingerprint density at radius 3 is 2.92 bits per heavy atom. The van der Waals surface area contributed by atoms with E-state index in [0.717, 1.165) is 5.39 Å². The highest BCUT2D eigenvalue weighted by Gasteiger charge is 2.04. The van der Waals surface area contributed by atoms with Gasteiger partial charge in [0.2, 0.25) is 0 Å². The van der Waals surface area contributed by atoms with Crippen molar-refractivity contribution >= 4 is 22.6 Å². The number of rotatable bonds is 1. The van der Waals surface area contributed by atoms with Gasteiger partial charge in [0.25, 0.3) is 0 Å². The number of aliphatic hydroxyl groups is 1. The first-order chi connectivity index (χ1) is 5.81. The van der Waals surface area contributed by atoms with Gasteiger partial charge in [-0.15, -0.1) is 0 Å². The van der Waals surface area contributed by atoms with Crippen LogP contribution in [-0.2, 0) is 6.61 Å². The van der Waals surface area contributed by atoms with Gasteiger partial charge in [-0.2, -0.15) is 0 Å². The molecule has 1 heterocycles. The largest absolute Gasteiger partial charge is 0.459 e. The summed E-state index contributed by atoms with van der Waals surface area (Å²) < 4.78 is 5.26. The van der Waals surface area contributed by atoms with E-state index in [9.17, 15) is 0 Å². The standard InChI is InChI=1S/C9H7ClO2/c10-8-2-1-3-9-7(8)4-6(5-11)12-9/h1-4,11H,5H2. The number of hydrogen-bond acceptors (Lipinski definition) is 2. The molecule has 2 rings (SSSR count). The van der Waals surface area contributed by atoms with E-state index in [1.165, 1.54) is 0 Å². The van der Waals surface area contributed by atoms with Crippen LogP contribution in [0, 0.1) is 0 Å². The number of aliphatic hydroxyl groups excluding tert-OH is 1. The topological polar surface area (TPSA) is 33.4 Å². The Morgan fingerprint density at radius 2 is 2.25 bits per heavy atom. The average molecular weight is 183 g/mol. The quantitative estimate of drug-likeness (QED) is 0.736. The van der Waals surface area contributed by atoms with Crippen LogP contribution in [0.3, 0.4) is 0 Å². The van der Waals surface area contributed by atoms with Crippen LogP contribution in [0.25, 0.3) is 11.0 Å². The van der Waals surface area contributed by atoms with Crippen LogP contribution in [0.2, 0.25) is 5.02 Å². The van der Waals surface area contributed by atoms with Gasteiger partial charge in [0.05, 0.1) is 5.02 Å². The molecular formula is C9H7ClO2. The lowest BCUT2D eigenvalue weighted by molar-refractivity contribution is 0.251. The van der Waals surface area contributed by atoms with Crippen LogP contribution in [0.15, 0.2) is 28.7 Å². The summed E-state index contributed by atoms with van der Waals surface area (Å²) in [6.07, 6.45) is 0. The highest BCUT2D eigenvalue weighted by atomic mass is 35.5. The van der Waals surface area contributed by atoms with Gasteiger partial charge in [-0.05, 0) is 18.2 Å². The summed E-state index contributed by atoms with van der Waals surface area (Å²) in [6.45, 7) is -0.0923. The SMILES string of the molecule is OCc1cc2c(Cl)cccc2o1. The number of furan rings is 1. The van der Waals surface area contributed by atoms with E-state index in [2.05, 4.69) is 0 Å². The molecule has 2 nitrogen and oxygen atoms in total. The summed E-state index contributed by atoms with van der Waals surface area (Å²) in [5, 5.41) is 10.3. The molecule has 3 heteroatoms. The molecule has 0 atom stereocenters. The lowest BCUT2D eigenvalue weighted by atomic mass is 10.2. The van der Waals surface area contributed by atoms with Crippen molar-refractivity contribution in [2.45, 2.75) is 6.61 Å². The third-order valence-corrected chi connectivity index (χ3v) is 2.04. The molecule has 1 aromatic heterocycles. The van der Waals surface area contributed by atoms with Crippen LogP contribution in [0.1, 0.15) is 5.76 Å². The Kier molecular flexibility index (Phi) is 1.79. The zero-order chi connectivity index (χ0) is 8.55. The summed E-state index contributed by atoms with van der Waals surface area (Å²) in [5.41, 5.74) is 0.714. The summed E-state index contributed by atoms with van der Waals surface area (Å²) in [6, 6.07) is 7.17. The Bertz CT molecular complexity index is 406. The second-order valence-corrected chi connectivity index (χ2v) is 2.93. The van der Waals surface area contributed by atoms with Crippen LogP contribution in [-0.4, -0.2) is 5.11 Å². The molecule has 62 valence electrons. The number of fused-ring (bicyclic) bond motifs is 1. The van der Waals surface area contributed by atoms with Gasteiger partial charge in [-0.3, -0.25) is 0 Å². The predicted octanol–water partition coefficient (Wildman–Crippen LogP) is 2.58. The Labute approximate surface area is 74.4 Å². The van der Waals surface area contributed by atoms with Gasteiger partial charge in [0, 0.05) is 5.39 Å². The lowest BCUT2D eigenvalue weighted by Crippen LogP contribution is -1.72. The van der Waals surface area contributed by atoms with Gasteiger partial charge >= 0.3 is 0 Å². The number of halogens is 1. The van der Waals surface area contributed by atoms with E-state index in [1.54, 1.807) is 12.1 Å². The predicted molar refractivity (Wildman–Crippen MR) is 47.1 cm³/mol. The molecule has 0 aliphatic rings. The second kappa shape index (κ2) is 2.81. The maximum Gasteiger partial charge on any atom is 0.135 e. The molecule has 0 fully saturated rings. The summed E-state index contributed by atoms with van der Waals surface area (Å²) in [5.74, 6) is 0.540. The third kappa shape index (κ3) is 1.09. The fourth-order valence-corrected chi connectivity index (χ4v) is 1.38. The first kappa shape index (κ1) is 7.65. The normalized spacial score (nSPS) is 10.8. The van der Waals surface area contributed by atoms with Crippen molar-refractivity contribution in [1.82, 2.24) is 0 Å². The number of hydrogen-bond donors (Lipinski definition) is 1. The van der Waals surface area contributed by atoms with Gasteiger partial charge in [-0.25, -0.2) is 0 Å². The van der Waals surface area contributed by atoms with Crippen LogP contribution in [0.4, 0.5) is 0 Å².